The molecule has 1 aromatic carbocycles. The van der Waals surface area contributed by atoms with Gasteiger partial charge in [-0.25, -0.2) is 0 Å². The molecule has 2 heteroatoms. The minimum atomic E-state index is 0.238. The van der Waals surface area contributed by atoms with Gasteiger partial charge in [-0.2, -0.15) is 0 Å². The Hall–Kier alpha value is -0.470. The smallest absolute Gasteiger partial charge is 0.0497 e. The lowest BCUT2D eigenvalue weighted by molar-refractivity contribution is 0.273. The molecule has 1 aromatic rings. The zero-order chi connectivity index (χ0) is 10.1. The van der Waals surface area contributed by atoms with Crippen molar-refractivity contribution in [2.45, 2.75) is 36.3 Å². The first-order valence-corrected chi connectivity index (χ1v) is 5.99. The van der Waals surface area contributed by atoms with E-state index in [2.05, 4.69) is 32.0 Å². The molecule has 1 aliphatic heterocycles. The quantitative estimate of drug-likeness (QED) is 0.806. The second-order valence-corrected chi connectivity index (χ2v) is 5.56. The van der Waals surface area contributed by atoms with Gasteiger partial charge in [-0.05, 0) is 23.6 Å². The van der Waals surface area contributed by atoms with Crippen LogP contribution in [0.15, 0.2) is 23.1 Å². The van der Waals surface area contributed by atoms with Gasteiger partial charge in [-0.15, -0.1) is 11.8 Å². The Kier molecular flexibility index (Phi) is 2.84. The first kappa shape index (κ1) is 10.1. The van der Waals surface area contributed by atoms with Gasteiger partial charge < -0.3 is 5.11 Å². The third kappa shape index (κ3) is 1.82. The Labute approximate surface area is 89.5 Å². The van der Waals surface area contributed by atoms with Gasteiger partial charge in [-0.1, -0.05) is 26.0 Å². The van der Waals surface area contributed by atoms with Crippen LogP contribution < -0.4 is 0 Å². The van der Waals surface area contributed by atoms with E-state index in [1.165, 1.54) is 22.4 Å². The number of thioether (sulfide) groups is 1. The summed E-state index contributed by atoms with van der Waals surface area (Å²) in [7, 11) is 0. The average molecular weight is 208 g/mol. The highest BCUT2D eigenvalue weighted by Gasteiger charge is 2.19. The highest BCUT2D eigenvalue weighted by atomic mass is 32.2. The van der Waals surface area contributed by atoms with E-state index in [1.54, 1.807) is 0 Å². The summed E-state index contributed by atoms with van der Waals surface area (Å²) in [5.74, 6) is 0.265. The van der Waals surface area contributed by atoms with E-state index in [0.717, 1.165) is 0 Å². The van der Waals surface area contributed by atoms with Crippen molar-refractivity contribution in [1.82, 2.24) is 0 Å². The van der Waals surface area contributed by atoms with Gasteiger partial charge in [0, 0.05) is 22.7 Å². The van der Waals surface area contributed by atoms with Crippen molar-refractivity contribution < 1.29 is 5.11 Å². The highest BCUT2D eigenvalue weighted by molar-refractivity contribution is 8.00. The molecule has 76 valence electrons. The van der Waals surface area contributed by atoms with Crippen molar-refractivity contribution in [1.29, 1.82) is 0 Å². The van der Waals surface area contributed by atoms with Crippen LogP contribution in [0.5, 0.6) is 0 Å². The number of hydrogen-bond acceptors (Lipinski definition) is 2. The summed E-state index contributed by atoms with van der Waals surface area (Å²) in [6, 6.07) is 6.60. The number of benzene rings is 1. The van der Waals surface area contributed by atoms with Crippen molar-refractivity contribution in [3.05, 3.63) is 29.3 Å². The molecule has 2 unspecified atom stereocenters. The summed E-state index contributed by atoms with van der Waals surface area (Å²) >= 11 is 1.96. The molecule has 0 fully saturated rings. The molecule has 0 saturated heterocycles. The van der Waals surface area contributed by atoms with Crippen LogP contribution in [-0.2, 0) is 6.42 Å². The molecule has 1 nitrogen and oxygen atoms in total. The molecule has 0 saturated carbocycles. The molecular weight excluding hydrogens is 192 g/mol. The Morgan fingerprint density at radius 1 is 1.57 bits per heavy atom. The molecule has 1 aliphatic rings. The topological polar surface area (TPSA) is 20.2 Å². The summed E-state index contributed by atoms with van der Waals surface area (Å²) in [6.07, 6.45) is 1.17. The van der Waals surface area contributed by atoms with E-state index in [-0.39, 0.29) is 12.5 Å². The molecule has 0 spiro atoms. The molecule has 14 heavy (non-hydrogen) atoms. The van der Waals surface area contributed by atoms with E-state index < -0.39 is 0 Å². The Morgan fingerprint density at radius 3 is 3.07 bits per heavy atom. The lowest BCUT2D eigenvalue weighted by Crippen LogP contribution is -1.99. The predicted molar refractivity (Wildman–Crippen MR) is 61.0 cm³/mol. The summed E-state index contributed by atoms with van der Waals surface area (Å²) in [4.78, 5) is 1.42. The molecule has 2 rings (SSSR count). The minimum Gasteiger partial charge on any atom is -0.396 e. The summed E-state index contributed by atoms with van der Waals surface area (Å²) in [6.45, 7) is 4.56. The molecule has 1 heterocycles. The molecular formula is C12H16OS. The van der Waals surface area contributed by atoms with Crippen molar-refractivity contribution in [3.63, 3.8) is 0 Å². The van der Waals surface area contributed by atoms with Crippen LogP contribution in [0.1, 0.15) is 30.9 Å². The van der Waals surface area contributed by atoms with Gasteiger partial charge in [0.25, 0.3) is 0 Å². The van der Waals surface area contributed by atoms with Crippen LogP contribution in [0.4, 0.5) is 0 Å². The monoisotopic (exact) mass is 208 g/mol. The zero-order valence-electron chi connectivity index (χ0n) is 8.66. The van der Waals surface area contributed by atoms with E-state index in [9.17, 15) is 0 Å². The second kappa shape index (κ2) is 3.95. The molecule has 0 aromatic heterocycles. The Bertz CT molecular complexity index is 335. The Morgan fingerprint density at radius 2 is 2.36 bits per heavy atom. The standard InChI is InChI=1S/C12H16OS/c1-8(7-13)10-3-4-12-11(6-10)5-9(2)14-12/h3-4,6,8-9,13H,5,7H2,1-2H3. The van der Waals surface area contributed by atoms with E-state index in [0.29, 0.717) is 5.25 Å². The molecule has 2 atom stereocenters. The van der Waals surface area contributed by atoms with Crippen LogP contribution >= 0.6 is 11.8 Å². The first-order chi connectivity index (χ1) is 6.70. The average Bonchev–Trinajstić information content (AvgIpc) is 2.55. The number of aliphatic hydroxyl groups excluding tert-OH is 1. The van der Waals surface area contributed by atoms with Gasteiger partial charge in [0.15, 0.2) is 0 Å². The van der Waals surface area contributed by atoms with Gasteiger partial charge >= 0.3 is 0 Å². The SMILES string of the molecule is CC1Cc2cc(C(C)CO)ccc2S1. The first-order valence-electron chi connectivity index (χ1n) is 5.11. The highest BCUT2D eigenvalue weighted by Crippen LogP contribution is 2.37. The molecule has 0 radical (unpaired) electrons. The number of aliphatic hydroxyl groups is 1. The van der Waals surface area contributed by atoms with Crippen molar-refractivity contribution >= 4 is 11.8 Å². The van der Waals surface area contributed by atoms with E-state index in [4.69, 9.17) is 5.11 Å². The summed E-state index contributed by atoms with van der Waals surface area (Å²) in [5.41, 5.74) is 2.72. The summed E-state index contributed by atoms with van der Waals surface area (Å²) in [5, 5.41) is 9.80. The fourth-order valence-corrected chi connectivity index (χ4v) is 2.99. The van der Waals surface area contributed by atoms with Crippen molar-refractivity contribution in [2.75, 3.05) is 6.61 Å². The fourth-order valence-electron chi connectivity index (χ4n) is 1.85. The van der Waals surface area contributed by atoms with E-state index in [1.807, 2.05) is 11.8 Å². The maximum atomic E-state index is 9.08. The van der Waals surface area contributed by atoms with Crippen molar-refractivity contribution in [2.24, 2.45) is 0 Å². The molecule has 1 N–H and O–H groups in total. The van der Waals surface area contributed by atoms with Crippen LogP contribution in [0.3, 0.4) is 0 Å². The fraction of sp³-hybridized carbons (Fsp3) is 0.500. The predicted octanol–water partition coefficient (Wildman–Crippen LogP) is 2.82. The Balaban J connectivity index is 2.28. The number of hydrogen-bond donors (Lipinski definition) is 1. The van der Waals surface area contributed by atoms with Crippen LogP contribution in [0, 0.1) is 0 Å². The lowest BCUT2D eigenvalue weighted by atomic mass is 9.98. The molecule has 0 amide bonds. The molecule has 0 bridgehead atoms. The number of fused-ring (bicyclic) bond motifs is 1. The summed E-state index contributed by atoms with van der Waals surface area (Å²) < 4.78 is 0. The van der Waals surface area contributed by atoms with Crippen LogP contribution in [-0.4, -0.2) is 17.0 Å². The van der Waals surface area contributed by atoms with Gasteiger partial charge in [0.2, 0.25) is 0 Å². The van der Waals surface area contributed by atoms with Gasteiger partial charge in [0.05, 0.1) is 0 Å². The van der Waals surface area contributed by atoms with Crippen molar-refractivity contribution in [3.8, 4) is 0 Å². The maximum Gasteiger partial charge on any atom is 0.0497 e. The minimum absolute atomic E-state index is 0.238. The van der Waals surface area contributed by atoms with Gasteiger partial charge in [0.1, 0.15) is 0 Å². The third-order valence-electron chi connectivity index (χ3n) is 2.76. The zero-order valence-corrected chi connectivity index (χ0v) is 9.47. The number of rotatable bonds is 2. The third-order valence-corrected chi connectivity index (χ3v) is 3.98. The lowest BCUT2D eigenvalue weighted by Gasteiger charge is -2.09. The van der Waals surface area contributed by atoms with Crippen LogP contribution in [0.2, 0.25) is 0 Å². The largest absolute Gasteiger partial charge is 0.396 e. The van der Waals surface area contributed by atoms with Gasteiger partial charge in [-0.3, -0.25) is 0 Å². The normalized spacial score (nSPS) is 22.1. The molecule has 0 aliphatic carbocycles. The van der Waals surface area contributed by atoms with E-state index >= 15 is 0 Å². The van der Waals surface area contributed by atoms with Crippen LogP contribution in [0.25, 0.3) is 0 Å². The second-order valence-electron chi connectivity index (χ2n) is 4.08. The maximum absolute atomic E-state index is 9.08.